The van der Waals surface area contributed by atoms with Gasteiger partial charge in [-0.05, 0) is 37.3 Å². The quantitative estimate of drug-likeness (QED) is 0.678. The number of carbonyl (C=O) groups is 1. The van der Waals surface area contributed by atoms with Crippen molar-refractivity contribution in [2.45, 2.75) is 6.92 Å². The molecular weight excluding hydrogens is 327 g/mol. The average Bonchev–Trinajstić information content (AvgIpc) is 2.56. The fourth-order valence-electron chi connectivity index (χ4n) is 2.51. The molecule has 0 atom stereocenters. The number of pyridine rings is 1. The van der Waals surface area contributed by atoms with Crippen LogP contribution in [0.2, 0.25) is 0 Å². The maximum absolute atomic E-state index is 13.3. The van der Waals surface area contributed by atoms with Gasteiger partial charge in [-0.3, -0.25) is 10.1 Å². The number of amides is 1. The molecule has 7 heteroatoms. The molecular formula is C18H15FN2O4. The maximum atomic E-state index is 13.3. The second-order valence-corrected chi connectivity index (χ2v) is 5.31. The van der Waals surface area contributed by atoms with Crippen LogP contribution in [0.1, 0.15) is 6.92 Å². The number of aromatic amines is 1. The molecule has 1 aromatic heterocycles. The fourth-order valence-corrected chi connectivity index (χ4v) is 2.51. The molecule has 0 aliphatic carbocycles. The van der Waals surface area contributed by atoms with Crippen molar-refractivity contribution in [3.05, 3.63) is 58.5 Å². The number of H-pyrrole nitrogens is 1. The smallest absolute Gasteiger partial charge is 0.411 e. The molecule has 1 heterocycles. The Hall–Kier alpha value is -3.35. The van der Waals surface area contributed by atoms with Gasteiger partial charge in [0.15, 0.2) is 5.43 Å². The molecule has 0 aliphatic rings. The predicted molar refractivity (Wildman–Crippen MR) is 92.3 cm³/mol. The van der Waals surface area contributed by atoms with Crippen LogP contribution in [-0.2, 0) is 4.74 Å². The number of hydrogen-bond donors (Lipinski definition) is 3. The van der Waals surface area contributed by atoms with Crippen molar-refractivity contribution in [3.63, 3.8) is 0 Å². The van der Waals surface area contributed by atoms with Gasteiger partial charge in [-0.15, -0.1) is 0 Å². The summed E-state index contributed by atoms with van der Waals surface area (Å²) in [6.45, 7) is 1.86. The van der Waals surface area contributed by atoms with Gasteiger partial charge in [-0.2, -0.15) is 0 Å². The van der Waals surface area contributed by atoms with Crippen LogP contribution in [0.4, 0.5) is 14.9 Å². The highest BCUT2D eigenvalue weighted by molar-refractivity contribution is 5.92. The third-order valence-electron chi connectivity index (χ3n) is 3.60. The number of halogens is 1. The summed E-state index contributed by atoms with van der Waals surface area (Å²) in [6.07, 6.45) is -0.681. The molecule has 0 saturated carbocycles. The minimum atomic E-state index is -0.681. The van der Waals surface area contributed by atoms with Gasteiger partial charge >= 0.3 is 6.09 Å². The Balaban J connectivity index is 2.13. The standard InChI is InChI=1S/C18H15FN2O4/c1-2-25-18(24)21-15-8-11(22)4-5-12(15)16-9-17(23)13-7-10(19)3-6-14(13)20-16/h3-9,22H,2H2,1H3,(H,20,23)(H,21,24). The zero-order valence-electron chi connectivity index (χ0n) is 13.3. The molecule has 0 radical (unpaired) electrons. The molecule has 0 unspecified atom stereocenters. The van der Waals surface area contributed by atoms with E-state index in [1.54, 1.807) is 13.0 Å². The molecule has 3 rings (SSSR count). The first-order valence-electron chi connectivity index (χ1n) is 7.57. The lowest BCUT2D eigenvalue weighted by molar-refractivity contribution is 0.168. The molecule has 2 aromatic carbocycles. The minimum Gasteiger partial charge on any atom is -0.508 e. The Morgan fingerprint density at radius 2 is 2.04 bits per heavy atom. The highest BCUT2D eigenvalue weighted by Crippen LogP contribution is 2.30. The van der Waals surface area contributed by atoms with Crippen molar-refractivity contribution in [2.24, 2.45) is 0 Å². The van der Waals surface area contributed by atoms with E-state index in [-0.39, 0.29) is 28.9 Å². The van der Waals surface area contributed by atoms with E-state index in [1.807, 2.05) is 0 Å². The number of hydrogen-bond acceptors (Lipinski definition) is 4. The van der Waals surface area contributed by atoms with Crippen LogP contribution in [0, 0.1) is 5.82 Å². The first-order valence-corrected chi connectivity index (χ1v) is 7.57. The Morgan fingerprint density at radius 3 is 2.80 bits per heavy atom. The summed E-state index contributed by atoms with van der Waals surface area (Å²) < 4.78 is 18.2. The normalized spacial score (nSPS) is 10.6. The maximum Gasteiger partial charge on any atom is 0.411 e. The molecule has 3 N–H and O–H groups in total. The molecule has 0 aliphatic heterocycles. The Labute approximate surface area is 141 Å². The zero-order chi connectivity index (χ0) is 18.0. The number of phenolic OH excluding ortho intramolecular Hbond substituents is 1. The molecule has 0 saturated heterocycles. The number of benzene rings is 2. The summed E-state index contributed by atoms with van der Waals surface area (Å²) in [5.74, 6) is -0.555. The third kappa shape index (κ3) is 3.45. The van der Waals surface area contributed by atoms with E-state index in [4.69, 9.17) is 4.74 Å². The van der Waals surface area contributed by atoms with Gasteiger partial charge in [0.25, 0.3) is 0 Å². The minimum absolute atomic E-state index is 0.0549. The first-order chi connectivity index (χ1) is 12.0. The van der Waals surface area contributed by atoms with Gasteiger partial charge in [0.1, 0.15) is 11.6 Å². The van der Waals surface area contributed by atoms with Crippen LogP contribution in [-0.4, -0.2) is 22.8 Å². The van der Waals surface area contributed by atoms with Crippen LogP contribution in [0.3, 0.4) is 0 Å². The molecule has 3 aromatic rings. The molecule has 0 fully saturated rings. The highest BCUT2D eigenvalue weighted by Gasteiger charge is 2.13. The first kappa shape index (κ1) is 16.5. The monoisotopic (exact) mass is 342 g/mol. The summed E-state index contributed by atoms with van der Waals surface area (Å²) in [6, 6.07) is 9.51. The lowest BCUT2D eigenvalue weighted by Crippen LogP contribution is -2.14. The van der Waals surface area contributed by atoms with E-state index in [2.05, 4.69) is 10.3 Å². The Bertz CT molecular complexity index is 1010. The van der Waals surface area contributed by atoms with Crippen molar-refractivity contribution < 1.29 is 19.0 Å². The summed E-state index contributed by atoms with van der Waals surface area (Å²) in [5, 5.41) is 12.4. The number of fused-ring (bicyclic) bond motifs is 1. The number of rotatable bonds is 3. The van der Waals surface area contributed by atoms with Crippen LogP contribution < -0.4 is 10.7 Å². The fraction of sp³-hybridized carbons (Fsp3) is 0.111. The topological polar surface area (TPSA) is 91.4 Å². The van der Waals surface area contributed by atoms with Crippen molar-refractivity contribution in [2.75, 3.05) is 11.9 Å². The van der Waals surface area contributed by atoms with E-state index in [9.17, 15) is 19.1 Å². The van der Waals surface area contributed by atoms with E-state index < -0.39 is 11.9 Å². The van der Waals surface area contributed by atoms with Gasteiger partial charge in [-0.1, -0.05) is 0 Å². The van der Waals surface area contributed by atoms with Gasteiger partial charge in [-0.25, -0.2) is 9.18 Å². The predicted octanol–water partition coefficient (Wildman–Crippen LogP) is 3.61. The largest absolute Gasteiger partial charge is 0.508 e. The van der Waals surface area contributed by atoms with Crippen molar-refractivity contribution in [3.8, 4) is 17.0 Å². The third-order valence-corrected chi connectivity index (χ3v) is 3.60. The van der Waals surface area contributed by atoms with E-state index in [0.717, 1.165) is 6.07 Å². The molecule has 1 amide bonds. The van der Waals surface area contributed by atoms with Crippen LogP contribution >= 0.6 is 0 Å². The number of carbonyl (C=O) groups excluding carboxylic acids is 1. The molecule has 25 heavy (non-hydrogen) atoms. The lowest BCUT2D eigenvalue weighted by atomic mass is 10.1. The van der Waals surface area contributed by atoms with Gasteiger partial charge < -0.3 is 14.8 Å². The van der Waals surface area contributed by atoms with Crippen molar-refractivity contribution >= 4 is 22.7 Å². The van der Waals surface area contributed by atoms with Crippen LogP contribution in [0.15, 0.2) is 47.3 Å². The summed E-state index contributed by atoms with van der Waals surface area (Å²) in [5.41, 5.74) is 1.26. The second kappa shape index (κ2) is 6.64. The number of aromatic hydroxyl groups is 1. The Morgan fingerprint density at radius 1 is 1.24 bits per heavy atom. The van der Waals surface area contributed by atoms with Crippen LogP contribution in [0.5, 0.6) is 5.75 Å². The molecule has 6 nitrogen and oxygen atoms in total. The molecule has 0 spiro atoms. The molecule has 0 bridgehead atoms. The Kier molecular flexibility index (Phi) is 4.38. The van der Waals surface area contributed by atoms with Gasteiger partial charge in [0.2, 0.25) is 0 Å². The van der Waals surface area contributed by atoms with E-state index >= 15 is 0 Å². The van der Waals surface area contributed by atoms with Gasteiger partial charge in [0.05, 0.1) is 18.0 Å². The van der Waals surface area contributed by atoms with E-state index in [0.29, 0.717) is 16.8 Å². The number of anilines is 1. The SMILES string of the molecule is CCOC(=O)Nc1cc(O)ccc1-c1cc(=O)c2cc(F)ccc2[nH]1. The highest BCUT2D eigenvalue weighted by atomic mass is 19.1. The number of ether oxygens (including phenoxy) is 1. The summed E-state index contributed by atoms with van der Waals surface area (Å²) >= 11 is 0. The molecule has 128 valence electrons. The van der Waals surface area contributed by atoms with Crippen LogP contribution in [0.25, 0.3) is 22.2 Å². The number of aromatic nitrogens is 1. The average molecular weight is 342 g/mol. The summed E-state index contributed by atoms with van der Waals surface area (Å²) in [7, 11) is 0. The van der Waals surface area contributed by atoms with Crippen molar-refractivity contribution in [1.82, 2.24) is 4.98 Å². The van der Waals surface area contributed by atoms with Gasteiger partial charge in [0, 0.05) is 28.6 Å². The zero-order valence-corrected chi connectivity index (χ0v) is 13.3. The van der Waals surface area contributed by atoms with E-state index in [1.165, 1.54) is 30.3 Å². The summed E-state index contributed by atoms with van der Waals surface area (Å²) in [4.78, 5) is 27.0. The number of nitrogens with one attached hydrogen (secondary N) is 2. The second-order valence-electron chi connectivity index (χ2n) is 5.31. The van der Waals surface area contributed by atoms with Crippen molar-refractivity contribution in [1.29, 1.82) is 0 Å². The lowest BCUT2D eigenvalue weighted by Gasteiger charge is -2.12. The number of phenols is 1.